The topological polar surface area (TPSA) is 91.9 Å². The van der Waals surface area contributed by atoms with Gasteiger partial charge in [0.05, 0.1) is 0 Å². The highest BCUT2D eigenvalue weighted by atomic mass is 16.6. The zero-order chi connectivity index (χ0) is 21.4. The second-order valence-corrected chi connectivity index (χ2v) is 7.66. The molecule has 8 heteroatoms. The van der Waals surface area contributed by atoms with E-state index in [4.69, 9.17) is 9.47 Å². The van der Waals surface area contributed by atoms with Crippen LogP contribution in [0.3, 0.4) is 0 Å². The summed E-state index contributed by atoms with van der Waals surface area (Å²) in [6.45, 7) is 6.92. The smallest absolute Gasteiger partial charge is 0.270 e. The molecule has 0 spiro atoms. The third-order valence-electron chi connectivity index (χ3n) is 5.67. The van der Waals surface area contributed by atoms with Crippen LogP contribution in [0, 0.1) is 13.8 Å². The first-order chi connectivity index (χ1) is 14.4. The van der Waals surface area contributed by atoms with Crippen molar-refractivity contribution >= 4 is 17.6 Å². The maximum Gasteiger partial charge on any atom is 0.270 e. The predicted molar refractivity (Wildman–Crippen MR) is 109 cm³/mol. The zero-order valence-electron chi connectivity index (χ0n) is 17.4. The third-order valence-corrected chi connectivity index (χ3v) is 5.67. The number of nitrogens with zero attached hydrogens (tertiary/aromatic N) is 2. The first-order valence-corrected chi connectivity index (χ1v) is 10.0. The van der Waals surface area contributed by atoms with Gasteiger partial charge in [0.15, 0.2) is 17.3 Å². The molecule has 1 saturated heterocycles. The van der Waals surface area contributed by atoms with Gasteiger partial charge in [-0.25, -0.2) is 0 Å². The largest absolute Gasteiger partial charge is 0.485 e. The second kappa shape index (κ2) is 7.85. The first kappa shape index (κ1) is 20.0. The minimum Gasteiger partial charge on any atom is -0.485 e. The molecule has 0 bridgehead atoms. The van der Waals surface area contributed by atoms with Crippen molar-refractivity contribution in [2.24, 2.45) is 0 Å². The van der Waals surface area contributed by atoms with Crippen LogP contribution in [0.2, 0.25) is 0 Å². The number of amides is 2. The van der Waals surface area contributed by atoms with Crippen LogP contribution in [0.25, 0.3) is 0 Å². The number of hydrogen-bond acceptors (Lipinski definition) is 5. The number of hydrogen-bond donors (Lipinski definition) is 1. The van der Waals surface area contributed by atoms with Gasteiger partial charge in [0.1, 0.15) is 12.3 Å². The lowest BCUT2D eigenvalue weighted by atomic mass is 10.1. The summed E-state index contributed by atoms with van der Waals surface area (Å²) < 4.78 is 11.5. The third kappa shape index (κ3) is 3.53. The minimum absolute atomic E-state index is 0.0630. The number of ether oxygens (including phenoxy) is 2. The fourth-order valence-corrected chi connectivity index (χ4v) is 4.12. The summed E-state index contributed by atoms with van der Waals surface area (Å²) in [6.07, 6.45) is -0.687. The van der Waals surface area contributed by atoms with E-state index in [1.165, 1.54) is 6.92 Å². The molecule has 2 aliphatic rings. The SMILES string of the molecule is CC(=O)c1c(C)[nH]c(C(=O)N2CCN(C(=O)[C@@H]3COc4ccccc4O3)CC2)c1C. The number of carbonyl (C=O) groups is 3. The lowest BCUT2D eigenvalue weighted by molar-refractivity contribution is -0.142. The molecule has 0 saturated carbocycles. The molecule has 158 valence electrons. The van der Waals surface area contributed by atoms with Gasteiger partial charge in [-0.1, -0.05) is 12.1 Å². The number of fused-ring (bicyclic) bond motifs is 1. The molecule has 30 heavy (non-hydrogen) atoms. The average molecular weight is 411 g/mol. The Bertz CT molecular complexity index is 1000. The normalized spacial score (nSPS) is 18.3. The molecule has 8 nitrogen and oxygen atoms in total. The number of benzene rings is 1. The molecule has 0 aliphatic carbocycles. The fourth-order valence-electron chi connectivity index (χ4n) is 4.12. The number of para-hydroxylation sites is 2. The van der Waals surface area contributed by atoms with Crippen LogP contribution in [0.5, 0.6) is 11.5 Å². The van der Waals surface area contributed by atoms with Crippen LogP contribution < -0.4 is 9.47 Å². The highest BCUT2D eigenvalue weighted by Crippen LogP contribution is 2.31. The number of aromatic nitrogens is 1. The molecule has 0 unspecified atom stereocenters. The van der Waals surface area contributed by atoms with Gasteiger partial charge in [-0.2, -0.15) is 0 Å². The Hall–Kier alpha value is -3.29. The first-order valence-electron chi connectivity index (χ1n) is 10.0. The van der Waals surface area contributed by atoms with E-state index in [2.05, 4.69) is 4.98 Å². The van der Waals surface area contributed by atoms with Crippen LogP contribution in [0.1, 0.15) is 39.0 Å². The highest BCUT2D eigenvalue weighted by molar-refractivity contribution is 6.02. The Morgan fingerprint density at radius 1 is 1.00 bits per heavy atom. The van der Waals surface area contributed by atoms with Gasteiger partial charge in [-0.3, -0.25) is 14.4 Å². The number of nitrogens with one attached hydrogen (secondary N) is 1. The van der Waals surface area contributed by atoms with Gasteiger partial charge in [0.2, 0.25) is 6.10 Å². The molecule has 1 fully saturated rings. The van der Waals surface area contributed by atoms with Gasteiger partial charge in [-0.05, 0) is 38.5 Å². The van der Waals surface area contributed by atoms with Crippen molar-refractivity contribution in [3.63, 3.8) is 0 Å². The van der Waals surface area contributed by atoms with E-state index < -0.39 is 6.10 Å². The average Bonchev–Trinajstić information content (AvgIpc) is 3.06. The molecule has 1 aromatic carbocycles. The summed E-state index contributed by atoms with van der Waals surface area (Å²) in [5.41, 5.74) is 2.39. The van der Waals surface area contributed by atoms with Crippen LogP contribution in [0.15, 0.2) is 24.3 Å². The van der Waals surface area contributed by atoms with Gasteiger partial charge in [-0.15, -0.1) is 0 Å². The molecule has 1 atom stereocenters. The monoisotopic (exact) mass is 411 g/mol. The van der Waals surface area contributed by atoms with Gasteiger partial charge in [0, 0.05) is 37.4 Å². The molecule has 0 radical (unpaired) electrons. The fraction of sp³-hybridized carbons (Fsp3) is 0.409. The molecule has 2 amide bonds. The van der Waals surface area contributed by atoms with E-state index in [9.17, 15) is 14.4 Å². The van der Waals surface area contributed by atoms with E-state index in [0.29, 0.717) is 60.2 Å². The van der Waals surface area contributed by atoms with Crippen LogP contribution in [-0.2, 0) is 4.79 Å². The summed E-state index contributed by atoms with van der Waals surface area (Å²) in [4.78, 5) is 44.1. The number of H-pyrrole nitrogens is 1. The van der Waals surface area contributed by atoms with E-state index in [1.54, 1.807) is 29.7 Å². The number of Topliss-reactive ketones (excluding diaryl/α,β-unsaturated/α-hetero) is 1. The van der Waals surface area contributed by atoms with Crippen molar-refractivity contribution in [2.75, 3.05) is 32.8 Å². The standard InChI is InChI=1S/C22H25N3O5/c1-13-19(15(3)26)14(2)23-20(13)22(28)25-10-8-24(9-11-25)21(27)18-12-29-16-6-4-5-7-17(16)30-18/h4-7,18,23H,8-12H2,1-3H3/t18-/m0/s1. The number of rotatable bonds is 3. The van der Waals surface area contributed by atoms with Crippen molar-refractivity contribution < 1.29 is 23.9 Å². The number of piperazine rings is 1. The van der Waals surface area contributed by atoms with Crippen molar-refractivity contribution in [3.05, 3.63) is 46.8 Å². The minimum atomic E-state index is -0.687. The summed E-state index contributed by atoms with van der Waals surface area (Å²) in [5, 5.41) is 0. The summed E-state index contributed by atoms with van der Waals surface area (Å²) >= 11 is 0. The molecular weight excluding hydrogens is 386 g/mol. The van der Waals surface area contributed by atoms with Crippen LogP contribution >= 0.6 is 0 Å². The quantitative estimate of drug-likeness (QED) is 0.780. The van der Waals surface area contributed by atoms with E-state index in [0.717, 1.165) is 0 Å². The van der Waals surface area contributed by atoms with Crippen molar-refractivity contribution in [1.82, 2.24) is 14.8 Å². The zero-order valence-corrected chi connectivity index (χ0v) is 17.4. The Balaban J connectivity index is 1.38. The summed E-state index contributed by atoms with van der Waals surface area (Å²) in [6, 6.07) is 7.28. The van der Waals surface area contributed by atoms with E-state index in [1.807, 2.05) is 18.2 Å². The summed E-state index contributed by atoms with van der Waals surface area (Å²) in [5.74, 6) is 0.851. The Morgan fingerprint density at radius 2 is 1.63 bits per heavy atom. The Morgan fingerprint density at radius 3 is 2.27 bits per heavy atom. The molecule has 4 rings (SSSR count). The number of aryl methyl sites for hydroxylation is 1. The second-order valence-electron chi connectivity index (χ2n) is 7.66. The molecule has 1 N–H and O–H groups in total. The van der Waals surface area contributed by atoms with Gasteiger partial charge in [0.25, 0.3) is 11.8 Å². The molecule has 2 aliphatic heterocycles. The highest BCUT2D eigenvalue weighted by Gasteiger charge is 2.34. The van der Waals surface area contributed by atoms with Crippen molar-refractivity contribution in [1.29, 1.82) is 0 Å². The number of carbonyl (C=O) groups excluding carboxylic acids is 3. The van der Waals surface area contributed by atoms with E-state index >= 15 is 0 Å². The number of ketones is 1. The molecule has 2 aromatic rings. The van der Waals surface area contributed by atoms with Gasteiger partial charge < -0.3 is 24.3 Å². The van der Waals surface area contributed by atoms with Crippen LogP contribution in [-0.4, -0.2) is 71.3 Å². The van der Waals surface area contributed by atoms with E-state index in [-0.39, 0.29) is 24.2 Å². The Kier molecular flexibility index (Phi) is 5.24. The van der Waals surface area contributed by atoms with Crippen LogP contribution in [0.4, 0.5) is 0 Å². The van der Waals surface area contributed by atoms with Crippen molar-refractivity contribution in [3.8, 4) is 11.5 Å². The lowest BCUT2D eigenvalue weighted by Gasteiger charge is -2.37. The predicted octanol–water partition coefficient (Wildman–Crippen LogP) is 1.96. The maximum absolute atomic E-state index is 13.0. The number of aromatic amines is 1. The van der Waals surface area contributed by atoms with Gasteiger partial charge >= 0.3 is 0 Å². The lowest BCUT2D eigenvalue weighted by Crippen LogP contribution is -2.55. The Labute approximate surface area is 174 Å². The molecule has 1 aromatic heterocycles. The molecule has 3 heterocycles. The maximum atomic E-state index is 13.0. The molecular formula is C22H25N3O5. The van der Waals surface area contributed by atoms with Crippen molar-refractivity contribution in [2.45, 2.75) is 26.9 Å². The summed E-state index contributed by atoms with van der Waals surface area (Å²) in [7, 11) is 0.